The summed E-state index contributed by atoms with van der Waals surface area (Å²) in [6, 6.07) is 5.71. The lowest BCUT2D eigenvalue weighted by molar-refractivity contribution is 0.0937. The molecule has 0 atom stereocenters. The molecule has 0 heterocycles. The van der Waals surface area contributed by atoms with Crippen LogP contribution in [0.4, 0.5) is 0 Å². The predicted octanol–water partition coefficient (Wildman–Crippen LogP) is -0.0257. The molecular formula is C13H16N2O4S. The van der Waals surface area contributed by atoms with E-state index in [9.17, 15) is 13.2 Å². The monoisotopic (exact) mass is 296 g/mol. The number of sulfonamides is 1. The summed E-state index contributed by atoms with van der Waals surface area (Å²) in [5.74, 6) is 1.82. The van der Waals surface area contributed by atoms with Gasteiger partial charge < -0.3 is 10.1 Å². The molecule has 108 valence electrons. The molecule has 2 N–H and O–H groups in total. The number of carbonyl (C=O) groups excluding carboxylic acids is 1. The van der Waals surface area contributed by atoms with Crippen molar-refractivity contribution in [2.75, 3.05) is 26.8 Å². The van der Waals surface area contributed by atoms with E-state index in [1.165, 1.54) is 31.4 Å². The van der Waals surface area contributed by atoms with E-state index in [0.29, 0.717) is 13.2 Å². The van der Waals surface area contributed by atoms with Crippen molar-refractivity contribution in [3.8, 4) is 12.3 Å². The largest absolute Gasteiger partial charge is 0.383 e. The van der Waals surface area contributed by atoms with Crippen LogP contribution in [0.1, 0.15) is 10.4 Å². The van der Waals surface area contributed by atoms with Gasteiger partial charge in [-0.3, -0.25) is 4.79 Å². The van der Waals surface area contributed by atoms with E-state index in [2.05, 4.69) is 16.0 Å². The number of rotatable bonds is 7. The molecule has 0 aromatic heterocycles. The first-order valence-electron chi connectivity index (χ1n) is 5.81. The van der Waals surface area contributed by atoms with Crippen LogP contribution in [-0.2, 0) is 14.8 Å². The third kappa shape index (κ3) is 4.66. The fourth-order valence-corrected chi connectivity index (χ4v) is 2.37. The Balaban J connectivity index is 2.85. The number of hydrogen-bond acceptors (Lipinski definition) is 4. The van der Waals surface area contributed by atoms with Crippen molar-refractivity contribution in [2.24, 2.45) is 0 Å². The van der Waals surface area contributed by atoms with Gasteiger partial charge in [-0.1, -0.05) is 12.0 Å². The molecule has 0 saturated heterocycles. The Kier molecular flexibility index (Phi) is 6.18. The molecule has 1 rings (SSSR count). The molecule has 6 nitrogen and oxygen atoms in total. The highest BCUT2D eigenvalue weighted by Crippen LogP contribution is 2.11. The topological polar surface area (TPSA) is 84.5 Å². The van der Waals surface area contributed by atoms with Gasteiger partial charge in [-0.25, -0.2) is 8.42 Å². The van der Waals surface area contributed by atoms with Crippen molar-refractivity contribution < 1.29 is 17.9 Å². The highest BCUT2D eigenvalue weighted by Gasteiger charge is 2.15. The van der Waals surface area contributed by atoms with Gasteiger partial charge in [0.15, 0.2) is 0 Å². The zero-order valence-corrected chi connectivity index (χ0v) is 11.9. The smallest absolute Gasteiger partial charge is 0.251 e. The Morgan fingerprint density at radius 2 is 2.20 bits per heavy atom. The molecule has 0 bridgehead atoms. The summed E-state index contributed by atoms with van der Waals surface area (Å²) in [5, 5.41) is 2.61. The van der Waals surface area contributed by atoms with E-state index >= 15 is 0 Å². The number of methoxy groups -OCH3 is 1. The van der Waals surface area contributed by atoms with E-state index in [1.807, 2.05) is 0 Å². The number of hydrogen-bond donors (Lipinski definition) is 2. The van der Waals surface area contributed by atoms with Gasteiger partial charge in [0, 0.05) is 19.2 Å². The van der Waals surface area contributed by atoms with Crippen LogP contribution in [0.15, 0.2) is 29.2 Å². The highest BCUT2D eigenvalue weighted by atomic mass is 32.2. The van der Waals surface area contributed by atoms with Crippen LogP contribution in [0, 0.1) is 12.3 Å². The normalized spacial score (nSPS) is 10.8. The van der Waals surface area contributed by atoms with Gasteiger partial charge in [0.1, 0.15) is 0 Å². The Labute approximate surface area is 118 Å². The van der Waals surface area contributed by atoms with Crippen LogP contribution in [0.3, 0.4) is 0 Å². The standard InChI is InChI=1S/C13H16N2O4S/c1-3-7-15-20(17,18)12-6-4-5-11(10-12)13(16)14-8-9-19-2/h1,4-6,10,15H,7-9H2,2H3,(H,14,16). The second-order valence-corrected chi connectivity index (χ2v) is 5.57. The van der Waals surface area contributed by atoms with Gasteiger partial charge in [0.05, 0.1) is 18.0 Å². The summed E-state index contributed by atoms with van der Waals surface area (Å²) in [7, 11) is -2.18. The molecule has 0 radical (unpaired) electrons. The molecule has 20 heavy (non-hydrogen) atoms. The minimum absolute atomic E-state index is 0.00728. The maximum atomic E-state index is 11.9. The first kappa shape index (κ1) is 16.2. The quantitative estimate of drug-likeness (QED) is 0.547. The summed E-state index contributed by atoms with van der Waals surface area (Å²) in [6.07, 6.45) is 5.01. The summed E-state index contributed by atoms with van der Waals surface area (Å²) in [6.45, 7) is 0.627. The minimum Gasteiger partial charge on any atom is -0.383 e. The lowest BCUT2D eigenvalue weighted by atomic mass is 10.2. The van der Waals surface area contributed by atoms with Crippen molar-refractivity contribution in [1.29, 1.82) is 0 Å². The Bertz CT molecular complexity index is 605. The van der Waals surface area contributed by atoms with Gasteiger partial charge in [0.25, 0.3) is 5.91 Å². The number of benzene rings is 1. The molecular weight excluding hydrogens is 280 g/mol. The average Bonchev–Trinajstić information content (AvgIpc) is 2.45. The molecule has 0 unspecified atom stereocenters. The fraction of sp³-hybridized carbons (Fsp3) is 0.308. The summed E-state index contributed by atoms with van der Waals surface area (Å²) < 4.78 is 30.8. The lowest BCUT2D eigenvalue weighted by Gasteiger charge is -2.07. The molecule has 0 aliphatic carbocycles. The molecule has 0 fully saturated rings. The Morgan fingerprint density at radius 1 is 1.45 bits per heavy atom. The number of nitrogens with one attached hydrogen (secondary N) is 2. The number of terminal acetylenes is 1. The van der Waals surface area contributed by atoms with Crippen molar-refractivity contribution >= 4 is 15.9 Å². The van der Waals surface area contributed by atoms with Crippen molar-refractivity contribution in [3.05, 3.63) is 29.8 Å². The molecule has 0 saturated carbocycles. The van der Waals surface area contributed by atoms with Crippen LogP contribution < -0.4 is 10.0 Å². The first-order valence-corrected chi connectivity index (χ1v) is 7.30. The van der Waals surface area contributed by atoms with Crippen LogP contribution in [0.2, 0.25) is 0 Å². The van der Waals surface area contributed by atoms with Gasteiger partial charge in [-0.05, 0) is 18.2 Å². The zero-order valence-electron chi connectivity index (χ0n) is 11.0. The molecule has 1 aromatic rings. The molecule has 1 amide bonds. The van der Waals surface area contributed by atoms with Gasteiger partial charge >= 0.3 is 0 Å². The van der Waals surface area contributed by atoms with Crippen molar-refractivity contribution in [2.45, 2.75) is 4.90 Å². The number of carbonyl (C=O) groups is 1. The van der Waals surface area contributed by atoms with Crippen LogP contribution >= 0.6 is 0 Å². The fourth-order valence-electron chi connectivity index (χ4n) is 1.39. The van der Waals surface area contributed by atoms with Crippen LogP contribution in [0.5, 0.6) is 0 Å². The predicted molar refractivity (Wildman–Crippen MR) is 74.7 cm³/mol. The van der Waals surface area contributed by atoms with E-state index in [1.54, 1.807) is 0 Å². The first-order chi connectivity index (χ1) is 9.51. The summed E-state index contributed by atoms with van der Waals surface area (Å²) in [4.78, 5) is 11.8. The van der Waals surface area contributed by atoms with Gasteiger partial charge in [0.2, 0.25) is 10.0 Å². The highest BCUT2D eigenvalue weighted by molar-refractivity contribution is 7.89. The Morgan fingerprint density at radius 3 is 2.85 bits per heavy atom. The summed E-state index contributed by atoms with van der Waals surface area (Å²) >= 11 is 0. The lowest BCUT2D eigenvalue weighted by Crippen LogP contribution is -2.28. The third-order valence-corrected chi connectivity index (χ3v) is 3.76. The van der Waals surface area contributed by atoms with Crippen molar-refractivity contribution in [3.63, 3.8) is 0 Å². The van der Waals surface area contributed by atoms with E-state index < -0.39 is 10.0 Å². The molecule has 7 heteroatoms. The van der Waals surface area contributed by atoms with Crippen LogP contribution in [0.25, 0.3) is 0 Å². The van der Waals surface area contributed by atoms with Crippen LogP contribution in [-0.4, -0.2) is 41.1 Å². The molecule has 1 aromatic carbocycles. The summed E-state index contributed by atoms with van der Waals surface area (Å²) in [5.41, 5.74) is 0.254. The number of ether oxygens (including phenoxy) is 1. The maximum absolute atomic E-state index is 11.9. The average molecular weight is 296 g/mol. The van der Waals surface area contributed by atoms with E-state index in [0.717, 1.165) is 0 Å². The SMILES string of the molecule is C#CCNS(=O)(=O)c1cccc(C(=O)NCCOC)c1. The third-order valence-electron chi connectivity index (χ3n) is 2.36. The molecule has 0 spiro atoms. The molecule has 0 aliphatic heterocycles. The number of amides is 1. The minimum atomic E-state index is -3.70. The second kappa shape index (κ2) is 7.65. The Hall–Kier alpha value is -1.88. The van der Waals surface area contributed by atoms with E-state index in [-0.39, 0.29) is 22.9 Å². The zero-order chi connectivity index (χ0) is 15.0. The van der Waals surface area contributed by atoms with Gasteiger partial charge in [-0.2, -0.15) is 4.72 Å². The van der Waals surface area contributed by atoms with E-state index in [4.69, 9.17) is 11.2 Å². The maximum Gasteiger partial charge on any atom is 0.251 e. The van der Waals surface area contributed by atoms with Crippen molar-refractivity contribution in [1.82, 2.24) is 10.0 Å². The second-order valence-electron chi connectivity index (χ2n) is 3.81. The molecule has 0 aliphatic rings. The van der Waals surface area contributed by atoms with Gasteiger partial charge in [-0.15, -0.1) is 6.42 Å².